The summed E-state index contributed by atoms with van der Waals surface area (Å²) in [6.07, 6.45) is 0.565. The summed E-state index contributed by atoms with van der Waals surface area (Å²) >= 11 is 0. The highest BCUT2D eigenvalue weighted by atomic mass is 16.5. The molecule has 1 atom stereocenters. The maximum atomic E-state index is 13.0. The Balaban J connectivity index is 1.46. The highest BCUT2D eigenvalue weighted by Gasteiger charge is 2.39. The van der Waals surface area contributed by atoms with Crippen molar-refractivity contribution in [2.75, 3.05) is 19.7 Å². The van der Waals surface area contributed by atoms with Crippen LogP contribution in [0.3, 0.4) is 0 Å². The van der Waals surface area contributed by atoms with E-state index in [0.717, 1.165) is 29.8 Å². The normalized spacial score (nSPS) is 16.8. The van der Waals surface area contributed by atoms with Crippen LogP contribution in [0.4, 0.5) is 0 Å². The molecule has 0 amide bonds. The minimum atomic E-state index is -0.800. The fourth-order valence-corrected chi connectivity index (χ4v) is 5.10. The molecule has 1 aliphatic rings. The van der Waals surface area contributed by atoms with Crippen LogP contribution in [0.15, 0.2) is 121 Å². The zero-order valence-corrected chi connectivity index (χ0v) is 19.9. The van der Waals surface area contributed by atoms with Crippen molar-refractivity contribution in [2.24, 2.45) is 5.92 Å². The molecule has 3 nitrogen and oxygen atoms in total. The van der Waals surface area contributed by atoms with Gasteiger partial charge in [-0.3, -0.25) is 9.69 Å². The highest BCUT2D eigenvalue weighted by molar-refractivity contribution is 5.82. The molecule has 0 aromatic heterocycles. The van der Waals surface area contributed by atoms with Gasteiger partial charge in [0.1, 0.15) is 11.4 Å². The lowest BCUT2D eigenvalue weighted by Gasteiger charge is -2.38. The van der Waals surface area contributed by atoms with Crippen LogP contribution in [0.1, 0.15) is 28.7 Å². The van der Waals surface area contributed by atoms with Gasteiger partial charge >= 0.3 is 0 Å². The number of hydrogen-bond acceptors (Lipinski definition) is 3. The molecule has 1 saturated heterocycles. The van der Waals surface area contributed by atoms with Crippen LogP contribution < -0.4 is 0 Å². The van der Waals surface area contributed by atoms with E-state index in [1.165, 1.54) is 5.56 Å². The van der Waals surface area contributed by atoms with E-state index in [4.69, 9.17) is 4.74 Å². The molecular weight excluding hydrogens is 430 g/mol. The minimum absolute atomic E-state index is 0.164. The average Bonchev–Trinajstić information content (AvgIpc) is 2.93. The first-order chi connectivity index (χ1) is 17.3. The van der Waals surface area contributed by atoms with E-state index in [9.17, 15) is 4.79 Å². The molecular formula is C32H31NO2. The van der Waals surface area contributed by atoms with Gasteiger partial charge in [0.25, 0.3) is 0 Å². The number of piperidine rings is 1. The molecule has 0 saturated carbocycles. The van der Waals surface area contributed by atoms with Gasteiger partial charge in [-0.2, -0.15) is 0 Å². The van der Waals surface area contributed by atoms with E-state index in [0.29, 0.717) is 19.6 Å². The molecule has 176 valence electrons. The number of Topliss-reactive ketones (excluding diaryl/α,β-unsaturated/α-hetero) is 1. The summed E-state index contributed by atoms with van der Waals surface area (Å²) in [6, 6.07) is 41.5. The molecule has 0 N–H and O–H groups in total. The summed E-state index contributed by atoms with van der Waals surface area (Å²) in [4.78, 5) is 15.4. The molecule has 0 aliphatic carbocycles. The number of hydrogen-bond donors (Lipinski definition) is 0. The van der Waals surface area contributed by atoms with Gasteiger partial charge in [-0.15, -0.1) is 0 Å². The van der Waals surface area contributed by atoms with E-state index in [1.54, 1.807) is 0 Å². The van der Waals surface area contributed by atoms with Crippen molar-refractivity contribution in [1.82, 2.24) is 4.90 Å². The van der Waals surface area contributed by atoms with Crippen LogP contribution in [0, 0.1) is 5.92 Å². The van der Waals surface area contributed by atoms with Crippen molar-refractivity contribution in [3.8, 4) is 0 Å². The number of benzene rings is 4. The lowest BCUT2D eigenvalue weighted by molar-refractivity contribution is -0.131. The van der Waals surface area contributed by atoms with Crippen LogP contribution in [0.5, 0.6) is 0 Å². The van der Waals surface area contributed by atoms with Gasteiger partial charge in [-0.1, -0.05) is 121 Å². The minimum Gasteiger partial charge on any atom is -0.360 e. The molecule has 35 heavy (non-hydrogen) atoms. The largest absolute Gasteiger partial charge is 0.360 e. The standard InChI is InChI=1S/C32H31NO2/c34-31-21-22-33(23-26-13-5-1-6-14-26)24-27(31)25-35-32(28-15-7-2-8-16-28,29-17-9-3-10-18-29)30-19-11-4-12-20-30/h1-20,27H,21-25H2. The molecule has 3 heteroatoms. The number of rotatable bonds is 8. The zero-order valence-electron chi connectivity index (χ0n) is 19.9. The molecule has 1 aliphatic heterocycles. The fraction of sp³-hybridized carbons (Fsp3) is 0.219. The third kappa shape index (κ3) is 5.12. The van der Waals surface area contributed by atoms with Crippen molar-refractivity contribution >= 4 is 5.78 Å². The Hall–Kier alpha value is -3.53. The zero-order chi connectivity index (χ0) is 23.9. The lowest BCUT2D eigenvalue weighted by atomic mass is 9.80. The Labute approximate surface area is 208 Å². The summed E-state index contributed by atoms with van der Waals surface area (Å²) in [7, 11) is 0. The molecule has 4 aromatic rings. The second kappa shape index (κ2) is 10.8. The van der Waals surface area contributed by atoms with Crippen LogP contribution >= 0.6 is 0 Å². The molecule has 5 rings (SSSR count). The molecule has 0 bridgehead atoms. The Morgan fingerprint density at radius 1 is 0.686 bits per heavy atom. The fourth-order valence-electron chi connectivity index (χ4n) is 5.10. The van der Waals surface area contributed by atoms with Crippen molar-refractivity contribution in [3.63, 3.8) is 0 Å². The molecule has 1 heterocycles. The smallest absolute Gasteiger partial charge is 0.143 e. The van der Waals surface area contributed by atoms with Gasteiger partial charge in [0.15, 0.2) is 0 Å². The average molecular weight is 462 g/mol. The number of ether oxygens (including phenoxy) is 1. The molecule has 4 aromatic carbocycles. The van der Waals surface area contributed by atoms with Gasteiger partial charge < -0.3 is 4.74 Å². The second-order valence-corrected chi connectivity index (χ2v) is 9.22. The number of carbonyl (C=O) groups excluding carboxylic acids is 1. The maximum absolute atomic E-state index is 13.0. The Kier molecular flexibility index (Phi) is 7.17. The van der Waals surface area contributed by atoms with Gasteiger partial charge in [0, 0.05) is 26.1 Å². The summed E-state index contributed by atoms with van der Waals surface area (Å²) < 4.78 is 6.95. The van der Waals surface area contributed by atoms with Crippen LogP contribution in [0.25, 0.3) is 0 Å². The highest BCUT2D eigenvalue weighted by Crippen LogP contribution is 2.41. The van der Waals surface area contributed by atoms with Gasteiger partial charge in [-0.05, 0) is 22.3 Å². The first kappa shape index (κ1) is 23.2. The SMILES string of the molecule is O=C1CCN(Cc2ccccc2)CC1COC(c1ccccc1)(c1ccccc1)c1ccccc1. The van der Waals surface area contributed by atoms with E-state index in [1.807, 2.05) is 60.7 Å². The van der Waals surface area contributed by atoms with Gasteiger partial charge in [0.05, 0.1) is 12.5 Å². The summed E-state index contributed by atoms with van der Waals surface area (Å²) in [5, 5.41) is 0. The van der Waals surface area contributed by atoms with Gasteiger partial charge in [-0.25, -0.2) is 0 Å². The Morgan fingerprint density at radius 3 is 1.63 bits per heavy atom. The lowest BCUT2D eigenvalue weighted by Crippen LogP contribution is -2.44. The quantitative estimate of drug-likeness (QED) is 0.298. The Morgan fingerprint density at radius 2 is 1.14 bits per heavy atom. The van der Waals surface area contributed by atoms with Crippen LogP contribution in [-0.2, 0) is 21.7 Å². The second-order valence-electron chi connectivity index (χ2n) is 9.22. The first-order valence-electron chi connectivity index (χ1n) is 12.4. The number of carbonyl (C=O) groups is 1. The van der Waals surface area contributed by atoms with Crippen LogP contribution in [0.2, 0.25) is 0 Å². The first-order valence-corrected chi connectivity index (χ1v) is 12.4. The third-order valence-electron chi connectivity index (χ3n) is 6.90. The van der Waals surface area contributed by atoms with Crippen molar-refractivity contribution < 1.29 is 9.53 Å². The summed E-state index contributed by atoms with van der Waals surface area (Å²) in [5.41, 5.74) is 3.64. The van der Waals surface area contributed by atoms with Crippen molar-refractivity contribution in [1.29, 1.82) is 0 Å². The van der Waals surface area contributed by atoms with Gasteiger partial charge in [0.2, 0.25) is 0 Å². The maximum Gasteiger partial charge on any atom is 0.143 e. The predicted molar refractivity (Wildman–Crippen MR) is 140 cm³/mol. The van der Waals surface area contributed by atoms with E-state index in [2.05, 4.69) is 65.6 Å². The monoisotopic (exact) mass is 461 g/mol. The summed E-state index contributed by atoms with van der Waals surface area (Å²) in [5.74, 6) is 0.125. The third-order valence-corrected chi connectivity index (χ3v) is 6.90. The van der Waals surface area contributed by atoms with Crippen molar-refractivity contribution in [3.05, 3.63) is 144 Å². The van der Waals surface area contributed by atoms with E-state index in [-0.39, 0.29) is 11.7 Å². The van der Waals surface area contributed by atoms with E-state index < -0.39 is 5.60 Å². The number of likely N-dealkylation sites (tertiary alicyclic amines) is 1. The molecule has 1 fully saturated rings. The molecule has 0 radical (unpaired) electrons. The number of nitrogens with zero attached hydrogens (tertiary/aromatic N) is 1. The molecule has 1 unspecified atom stereocenters. The summed E-state index contributed by atoms with van der Waals surface area (Å²) in [6.45, 7) is 2.72. The van der Waals surface area contributed by atoms with Crippen molar-refractivity contribution in [2.45, 2.75) is 18.6 Å². The molecule has 0 spiro atoms. The predicted octanol–water partition coefficient (Wildman–Crippen LogP) is 6.09. The van der Waals surface area contributed by atoms with Crippen LogP contribution in [-0.4, -0.2) is 30.4 Å². The van der Waals surface area contributed by atoms with E-state index >= 15 is 0 Å². The number of ketones is 1. The topological polar surface area (TPSA) is 29.5 Å². The Bertz CT molecular complexity index is 1110.